The molecule has 0 aliphatic carbocycles. The molecule has 0 N–H and O–H groups in total. The number of unbranched alkanes of at least 4 members (excludes halogenated alkanes) is 7. The number of hydrogen-bond acceptors (Lipinski definition) is 4. The third kappa shape index (κ3) is 9.66. The molecule has 0 aromatic carbocycles. The number of ether oxygens (including phenoxy) is 1. The normalized spacial score (nSPS) is 9.78. The molecule has 0 saturated heterocycles. The Morgan fingerprint density at radius 2 is 1.50 bits per heavy atom. The summed E-state index contributed by atoms with van der Waals surface area (Å²) in [6.45, 7) is 2.20. The van der Waals surface area contributed by atoms with Gasteiger partial charge in [-0.25, -0.2) is 0 Å². The number of esters is 1. The van der Waals surface area contributed by atoms with E-state index in [1.54, 1.807) is 12.1 Å². The maximum Gasteiger partial charge on any atom is 0.307 e. The molecule has 0 aromatic heterocycles. The van der Waals surface area contributed by atoms with Crippen LogP contribution >= 0.6 is 0 Å². The van der Waals surface area contributed by atoms with Gasteiger partial charge in [0.15, 0.2) is 0 Å². The largest absolute Gasteiger partial charge is 0.432 e. The third-order valence-corrected chi connectivity index (χ3v) is 2.72. The average molecular weight is 250 g/mol. The van der Waals surface area contributed by atoms with Gasteiger partial charge in [-0.05, 0) is 6.42 Å². The second kappa shape index (κ2) is 11.9. The Kier molecular flexibility index (Phi) is 10.9. The Bertz CT molecular complexity index is 288. The lowest BCUT2D eigenvalue weighted by Crippen LogP contribution is -2.14. The summed E-state index contributed by atoms with van der Waals surface area (Å²) in [6.07, 6.45) is 8.29. The van der Waals surface area contributed by atoms with Gasteiger partial charge in [-0.1, -0.05) is 51.9 Å². The third-order valence-electron chi connectivity index (χ3n) is 2.72. The summed E-state index contributed by atoms with van der Waals surface area (Å²) >= 11 is 0. The zero-order chi connectivity index (χ0) is 13.6. The van der Waals surface area contributed by atoms with Crippen LogP contribution < -0.4 is 0 Å². The minimum Gasteiger partial charge on any atom is -0.432 e. The summed E-state index contributed by atoms with van der Waals surface area (Å²) in [4.78, 5) is 11.2. The highest BCUT2D eigenvalue weighted by molar-refractivity contribution is 5.70. The second-order valence-corrected chi connectivity index (χ2v) is 4.35. The Balaban J connectivity index is 3.36. The minimum absolute atomic E-state index is 0.300. The highest BCUT2D eigenvalue weighted by atomic mass is 16.5. The van der Waals surface area contributed by atoms with Crippen LogP contribution in [0.3, 0.4) is 0 Å². The predicted octanol–water partition coefficient (Wildman–Crippen LogP) is 3.48. The van der Waals surface area contributed by atoms with Gasteiger partial charge in [0.1, 0.15) is 12.1 Å². The molecule has 0 fully saturated rings. The van der Waals surface area contributed by atoms with E-state index in [1.807, 2.05) is 0 Å². The van der Waals surface area contributed by atoms with Gasteiger partial charge >= 0.3 is 5.97 Å². The summed E-state index contributed by atoms with van der Waals surface area (Å²) < 4.78 is 4.65. The number of hydrogen-bond donors (Lipinski definition) is 0. The van der Waals surface area contributed by atoms with E-state index in [0.717, 1.165) is 19.3 Å². The maximum absolute atomic E-state index is 11.2. The summed E-state index contributed by atoms with van der Waals surface area (Å²) in [6, 6.07) is 3.22. The number of carbonyl (C=O) groups is 1. The van der Waals surface area contributed by atoms with E-state index in [0.29, 0.717) is 6.42 Å². The van der Waals surface area contributed by atoms with Crippen molar-refractivity contribution in [3.63, 3.8) is 0 Å². The molecule has 0 bridgehead atoms. The van der Waals surface area contributed by atoms with Crippen LogP contribution in [0, 0.1) is 22.7 Å². The number of rotatable bonds is 10. The molecule has 0 saturated carbocycles. The molecule has 0 aliphatic rings. The number of nitriles is 2. The highest BCUT2D eigenvalue weighted by Crippen LogP contribution is 2.10. The maximum atomic E-state index is 11.2. The van der Waals surface area contributed by atoms with E-state index in [2.05, 4.69) is 11.7 Å². The topological polar surface area (TPSA) is 73.9 Å². The summed E-state index contributed by atoms with van der Waals surface area (Å²) in [5.74, 6) is -0.450. The van der Waals surface area contributed by atoms with Crippen molar-refractivity contribution in [2.75, 3.05) is 0 Å². The second-order valence-electron chi connectivity index (χ2n) is 4.35. The van der Waals surface area contributed by atoms with Crippen LogP contribution in [0.25, 0.3) is 0 Å². The average Bonchev–Trinajstić information content (AvgIpc) is 2.39. The molecule has 0 radical (unpaired) electrons. The number of carbonyl (C=O) groups excluding carboxylic acids is 1. The Morgan fingerprint density at radius 1 is 1.00 bits per heavy atom. The zero-order valence-corrected chi connectivity index (χ0v) is 11.2. The quantitative estimate of drug-likeness (QED) is 0.439. The SMILES string of the molecule is CCCCCCCCCCC(=O)OC(C#N)C#N. The molecule has 4 heteroatoms. The van der Waals surface area contributed by atoms with Gasteiger partial charge in [-0.2, -0.15) is 10.5 Å². The molecule has 18 heavy (non-hydrogen) atoms. The van der Waals surface area contributed by atoms with Crippen LogP contribution in [0.1, 0.15) is 64.7 Å². The van der Waals surface area contributed by atoms with E-state index in [1.165, 1.54) is 32.1 Å². The van der Waals surface area contributed by atoms with Gasteiger partial charge < -0.3 is 4.74 Å². The highest BCUT2D eigenvalue weighted by Gasteiger charge is 2.11. The van der Waals surface area contributed by atoms with Crippen molar-refractivity contribution < 1.29 is 9.53 Å². The summed E-state index contributed by atoms with van der Waals surface area (Å²) in [5, 5.41) is 16.9. The van der Waals surface area contributed by atoms with Crippen LogP contribution in [-0.2, 0) is 9.53 Å². The molecule has 0 unspecified atom stereocenters. The van der Waals surface area contributed by atoms with Crippen molar-refractivity contribution in [2.45, 2.75) is 70.8 Å². The zero-order valence-electron chi connectivity index (χ0n) is 11.2. The van der Waals surface area contributed by atoms with Crippen molar-refractivity contribution in [1.82, 2.24) is 0 Å². The summed E-state index contributed by atoms with van der Waals surface area (Å²) in [7, 11) is 0. The molecule has 4 nitrogen and oxygen atoms in total. The minimum atomic E-state index is -1.26. The van der Waals surface area contributed by atoms with Gasteiger partial charge in [0, 0.05) is 6.42 Å². The lowest BCUT2D eigenvalue weighted by molar-refractivity contribution is -0.144. The van der Waals surface area contributed by atoms with Crippen molar-refractivity contribution in [3.8, 4) is 12.1 Å². The van der Waals surface area contributed by atoms with Crippen LogP contribution in [0.5, 0.6) is 0 Å². The molecular weight excluding hydrogens is 228 g/mol. The van der Waals surface area contributed by atoms with Gasteiger partial charge in [0.05, 0.1) is 0 Å². The van der Waals surface area contributed by atoms with Gasteiger partial charge in [0.25, 0.3) is 6.10 Å². The standard InChI is InChI=1S/C14H22N2O2/c1-2-3-4-5-6-7-8-9-10-14(17)18-13(11-15)12-16/h13H,2-10H2,1H3. The van der Waals surface area contributed by atoms with Crippen LogP contribution in [0.4, 0.5) is 0 Å². The Hall–Kier alpha value is -1.55. The fraction of sp³-hybridized carbons (Fsp3) is 0.786. The predicted molar refractivity (Wildman–Crippen MR) is 68.3 cm³/mol. The van der Waals surface area contributed by atoms with Gasteiger partial charge in [-0.15, -0.1) is 0 Å². The molecule has 0 amide bonds. The fourth-order valence-corrected chi connectivity index (χ4v) is 1.68. The van der Waals surface area contributed by atoms with E-state index in [-0.39, 0.29) is 0 Å². The molecule has 100 valence electrons. The van der Waals surface area contributed by atoms with Gasteiger partial charge in [0.2, 0.25) is 0 Å². The fourth-order valence-electron chi connectivity index (χ4n) is 1.68. The van der Waals surface area contributed by atoms with E-state index >= 15 is 0 Å². The first-order valence-electron chi connectivity index (χ1n) is 6.73. The Labute approximate surface area is 110 Å². The smallest absolute Gasteiger partial charge is 0.307 e. The number of nitrogens with zero attached hydrogens (tertiary/aromatic N) is 2. The first-order valence-corrected chi connectivity index (χ1v) is 6.73. The molecule has 0 atom stereocenters. The molecule has 0 aromatic rings. The van der Waals surface area contributed by atoms with Crippen molar-refractivity contribution in [2.24, 2.45) is 0 Å². The van der Waals surface area contributed by atoms with Crippen molar-refractivity contribution in [3.05, 3.63) is 0 Å². The lowest BCUT2D eigenvalue weighted by atomic mass is 10.1. The summed E-state index contributed by atoms with van der Waals surface area (Å²) in [5.41, 5.74) is 0. The molecule has 0 heterocycles. The van der Waals surface area contributed by atoms with E-state index in [4.69, 9.17) is 10.5 Å². The first-order chi connectivity index (χ1) is 8.74. The molecular formula is C14H22N2O2. The molecule has 0 rings (SSSR count). The van der Waals surface area contributed by atoms with Crippen molar-refractivity contribution >= 4 is 5.97 Å². The van der Waals surface area contributed by atoms with Crippen LogP contribution in [0.15, 0.2) is 0 Å². The Morgan fingerprint density at radius 3 is 2.00 bits per heavy atom. The first kappa shape index (κ1) is 16.4. The van der Waals surface area contributed by atoms with E-state index < -0.39 is 12.1 Å². The monoisotopic (exact) mass is 250 g/mol. The van der Waals surface area contributed by atoms with Crippen molar-refractivity contribution in [1.29, 1.82) is 10.5 Å². The lowest BCUT2D eigenvalue weighted by Gasteiger charge is -2.04. The van der Waals surface area contributed by atoms with E-state index in [9.17, 15) is 4.79 Å². The van der Waals surface area contributed by atoms with Gasteiger partial charge in [-0.3, -0.25) is 4.79 Å². The van der Waals surface area contributed by atoms with Crippen LogP contribution in [0.2, 0.25) is 0 Å². The molecule has 0 spiro atoms. The molecule has 0 aliphatic heterocycles. The van der Waals surface area contributed by atoms with Crippen LogP contribution in [-0.4, -0.2) is 12.1 Å².